The van der Waals surface area contributed by atoms with Gasteiger partial charge in [-0.2, -0.15) is 0 Å². The zero-order valence-corrected chi connectivity index (χ0v) is 16.9. The SMILES string of the molecule is COC(=O)c1ccc(-c2ccc(CC(NC(=O)OC(C)(C)C)C(=O)O)cc2)cc1. The number of benzene rings is 2. The summed E-state index contributed by atoms with van der Waals surface area (Å²) in [6.45, 7) is 5.12. The Morgan fingerprint density at radius 3 is 1.93 bits per heavy atom. The van der Waals surface area contributed by atoms with Crippen LogP contribution in [0.15, 0.2) is 48.5 Å². The van der Waals surface area contributed by atoms with Crippen LogP contribution in [0.4, 0.5) is 4.79 Å². The highest BCUT2D eigenvalue weighted by Crippen LogP contribution is 2.21. The van der Waals surface area contributed by atoms with Crippen LogP contribution in [-0.4, -0.2) is 41.9 Å². The first-order valence-corrected chi connectivity index (χ1v) is 9.09. The normalized spacial score (nSPS) is 12.0. The summed E-state index contributed by atoms with van der Waals surface area (Å²) in [5.41, 5.74) is 2.33. The van der Waals surface area contributed by atoms with Gasteiger partial charge in [-0.05, 0) is 49.6 Å². The van der Waals surface area contributed by atoms with Crippen LogP contribution in [0, 0.1) is 0 Å². The fraction of sp³-hybridized carbons (Fsp3) is 0.318. The van der Waals surface area contributed by atoms with E-state index in [0.717, 1.165) is 16.7 Å². The number of carbonyl (C=O) groups is 3. The van der Waals surface area contributed by atoms with Crippen molar-refractivity contribution in [3.8, 4) is 11.1 Å². The van der Waals surface area contributed by atoms with Crippen LogP contribution in [-0.2, 0) is 20.7 Å². The van der Waals surface area contributed by atoms with E-state index < -0.39 is 29.7 Å². The Hall–Kier alpha value is -3.35. The summed E-state index contributed by atoms with van der Waals surface area (Å²) in [5.74, 6) is -1.54. The summed E-state index contributed by atoms with van der Waals surface area (Å²) >= 11 is 0. The molecule has 7 nitrogen and oxygen atoms in total. The summed E-state index contributed by atoms with van der Waals surface area (Å²) in [4.78, 5) is 34.9. The van der Waals surface area contributed by atoms with Crippen LogP contribution < -0.4 is 5.32 Å². The second-order valence-electron chi connectivity index (χ2n) is 7.51. The molecule has 2 rings (SSSR count). The van der Waals surface area contributed by atoms with Gasteiger partial charge >= 0.3 is 18.0 Å². The molecule has 2 aromatic rings. The molecular weight excluding hydrogens is 374 g/mol. The zero-order valence-electron chi connectivity index (χ0n) is 16.9. The lowest BCUT2D eigenvalue weighted by Gasteiger charge is -2.22. The Labute approximate surface area is 169 Å². The molecule has 0 aliphatic heterocycles. The standard InChI is InChI=1S/C22H25NO6/c1-22(2,3)29-21(27)23-18(19(24)25)13-14-5-7-15(8-6-14)16-9-11-17(12-10-16)20(26)28-4/h5-12,18H,13H2,1-4H3,(H,23,27)(H,24,25). The molecule has 0 aromatic heterocycles. The van der Waals surface area contributed by atoms with Gasteiger partial charge < -0.3 is 19.9 Å². The summed E-state index contributed by atoms with van der Waals surface area (Å²) in [5, 5.41) is 11.8. The Morgan fingerprint density at radius 1 is 0.966 bits per heavy atom. The van der Waals surface area contributed by atoms with Crippen LogP contribution >= 0.6 is 0 Å². The molecule has 1 unspecified atom stereocenters. The highest BCUT2D eigenvalue weighted by atomic mass is 16.6. The Balaban J connectivity index is 2.07. The largest absolute Gasteiger partial charge is 0.480 e. The topological polar surface area (TPSA) is 102 Å². The maximum Gasteiger partial charge on any atom is 0.408 e. The van der Waals surface area contributed by atoms with Crippen LogP contribution in [0.5, 0.6) is 0 Å². The van der Waals surface area contributed by atoms with Gasteiger partial charge in [-0.1, -0.05) is 36.4 Å². The van der Waals surface area contributed by atoms with Gasteiger partial charge in [0, 0.05) is 6.42 Å². The molecule has 2 aromatic carbocycles. The first-order valence-electron chi connectivity index (χ1n) is 9.09. The monoisotopic (exact) mass is 399 g/mol. The molecule has 0 fully saturated rings. The van der Waals surface area contributed by atoms with Crippen molar-refractivity contribution >= 4 is 18.0 Å². The highest BCUT2D eigenvalue weighted by molar-refractivity contribution is 5.90. The Bertz CT molecular complexity index is 866. The second kappa shape index (κ2) is 9.23. The minimum Gasteiger partial charge on any atom is -0.480 e. The van der Waals surface area contributed by atoms with Gasteiger partial charge in [0.2, 0.25) is 0 Å². The second-order valence-corrected chi connectivity index (χ2v) is 7.51. The number of esters is 1. The van der Waals surface area contributed by atoms with E-state index in [1.165, 1.54) is 7.11 Å². The average Bonchev–Trinajstić information content (AvgIpc) is 2.66. The van der Waals surface area contributed by atoms with E-state index >= 15 is 0 Å². The quantitative estimate of drug-likeness (QED) is 0.719. The molecule has 0 saturated carbocycles. The van der Waals surface area contributed by atoms with Crippen molar-refractivity contribution in [1.29, 1.82) is 0 Å². The third-order valence-corrected chi connectivity index (χ3v) is 4.02. The molecule has 29 heavy (non-hydrogen) atoms. The molecule has 0 radical (unpaired) electrons. The molecule has 2 N–H and O–H groups in total. The van der Waals surface area contributed by atoms with E-state index in [1.807, 2.05) is 24.3 Å². The lowest BCUT2D eigenvalue weighted by molar-refractivity contribution is -0.139. The number of carbonyl (C=O) groups excluding carboxylic acids is 2. The molecule has 0 bridgehead atoms. The van der Waals surface area contributed by atoms with Crippen molar-refractivity contribution in [2.24, 2.45) is 0 Å². The lowest BCUT2D eigenvalue weighted by Crippen LogP contribution is -2.44. The van der Waals surface area contributed by atoms with E-state index in [9.17, 15) is 19.5 Å². The fourth-order valence-corrected chi connectivity index (χ4v) is 2.64. The number of ether oxygens (including phenoxy) is 2. The molecule has 0 saturated heterocycles. The molecular formula is C22H25NO6. The molecule has 1 atom stereocenters. The molecule has 7 heteroatoms. The van der Waals surface area contributed by atoms with Gasteiger partial charge in [-0.3, -0.25) is 0 Å². The molecule has 0 spiro atoms. The molecule has 0 aliphatic carbocycles. The predicted octanol–water partition coefficient (Wildman–Crippen LogP) is 3.66. The number of carboxylic acid groups (broad SMARTS) is 1. The van der Waals surface area contributed by atoms with Gasteiger partial charge in [0.25, 0.3) is 0 Å². The first kappa shape index (κ1) is 21.9. The maximum atomic E-state index is 11.9. The van der Waals surface area contributed by atoms with E-state index in [1.54, 1.807) is 45.0 Å². The molecule has 1 amide bonds. The van der Waals surface area contributed by atoms with Crippen molar-refractivity contribution in [1.82, 2.24) is 5.32 Å². The summed E-state index contributed by atoms with van der Waals surface area (Å²) in [6, 6.07) is 13.2. The fourth-order valence-electron chi connectivity index (χ4n) is 2.64. The van der Waals surface area contributed by atoms with Gasteiger partial charge in [-0.15, -0.1) is 0 Å². The van der Waals surface area contributed by atoms with Crippen molar-refractivity contribution in [3.05, 3.63) is 59.7 Å². The van der Waals surface area contributed by atoms with Crippen molar-refractivity contribution < 1.29 is 29.0 Å². The predicted molar refractivity (Wildman–Crippen MR) is 108 cm³/mol. The zero-order chi connectivity index (χ0) is 21.6. The Morgan fingerprint density at radius 2 is 1.48 bits per heavy atom. The number of aliphatic carboxylic acids is 1. The minimum absolute atomic E-state index is 0.121. The van der Waals surface area contributed by atoms with E-state index in [0.29, 0.717) is 5.56 Å². The molecule has 0 heterocycles. The number of hydrogen-bond donors (Lipinski definition) is 2. The van der Waals surface area contributed by atoms with Gasteiger partial charge in [0.05, 0.1) is 12.7 Å². The number of hydrogen-bond acceptors (Lipinski definition) is 5. The smallest absolute Gasteiger partial charge is 0.408 e. The van der Waals surface area contributed by atoms with Crippen molar-refractivity contribution in [2.75, 3.05) is 7.11 Å². The van der Waals surface area contributed by atoms with Gasteiger partial charge in [-0.25, -0.2) is 14.4 Å². The van der Waals surface area contributed by atoms with Gasteiger partial charge in [0.15, 0.2) is 0 Å². The lowest BCUT2D eigenvalue weighted by atomic mass is 10.00. The summed E-state index contributed by atoms with van der Waals surface area (Å²) < 4.78 is 9.80. The number of alkyl carbamates (subject to hydrolysis) is 1. The van der Waals surface area contributed by atoms with Crippen LogP contribution in [0.2, 0.25) is 0 Å². The van der Waals surface area contributed by atoms with Crippen LogP contribution in [0.25, 0.3) is 11.1 Å². The van der Waals surface area contributed by atoms with Crippen LogP contribution in [0.3, 0.4) is 0 Å². The number of carboxylic acids is 1. The average molecular weight is 399 g/mol. The third kappa shape index (κ3) is 6.64. The van der Waals surface area contributed by atoms with E-state index in [-0.39, 0.29) is 6.42 Å². The molecule has 154 valence electrons. The highest BCUT2D eigenvalue weighted by Gasteiger charge is 2.24. The van der Waals surface area contributed by atoms with Gasteiger partial charge in [0.1, 0.15) is 11.6 Å². The Kier molecular flexibility index (Phi) is 6.98. The molecule has 0 aliphatic rings. The van der Waals surface area contributed by atoms with E-state index in [4.69, 9.17) is 4.74 Å². The minimum atomic E-state index is -1.14. The van der Waals surface area contributed by atoms with Crippen LogP contribution in [0.1, 0.15) is 36.7 Å². The number of nitrogens with one attached hydrogen (secondary N) is 1. The number of rotatable bonds is 6. The van der Waals surface area contributed by atoms with Crippen molar-refractivity contribution in [2.45, 2.75) is 38.8 Å². The number of methoxy groups -OCH3 is 1. The maximum absolute atomic E-state index is 11.9. The van der Waals surface area contributed by atoms with E-state index in [2.05, 4.69) is 10.1 Å². The summed E-state index contributed by atoms with van der Waals surface area (Å²) in [6.07, 6.45) is -0.650. The third-order valence-electron chi connectivity index (χ3n) is 4.02. The summed E-state index contributed by atoms with van der Waals surface area (Å²) in [7, 11) is 1.33. The number of amides is 1. The van der Waals surface area contributed by atoms with Crippen molar-refractivity contribution in [3.63, 3.8) is 0 Å². The first-order chi connectivity index (χ1) is 13.6.